The SMILES string of the molecule is CN(Cc1nc(-c2ccccc2Cl)no1)C(=O)[C@H]1CCCN(S(C)(=O)=O)C1. The molecule has 27 heavy (non-hydrogen) atoms. The summed E-state index contributed by atoms with van der Waals surface area (Å²) in [7, 11) is -1.66. The molecular weight excluding hydrogens is 392 g/mol. The molecule has 3 rings (SSSR count). The van der Waals surface area contributed by atoms with Crippen LogP contribution in [0, 0.1) is 5.92 Å². The highest BCUT2D eigenvalue weighted by Crippen LogP contribution is 2.25. The molecular formula is C17H21ClN4O4S. The first-order valence-electron chi connectivity index (χ1n) is 8.53. The highest BCUT2D eigenvalue weighted by molar-refractivity contribution is 7.88. The summed E-state index contributed by atoms with van der Waals surface area (Å²) >= 11 is 6.14. The van der Waals surface area contributed by atoms with Crippen LogP contribution in [-0.4, -0.2) is 60.1 Å². The summed E-state index contributed by atoms with van der Waals surface area (Å²) in [5.41, 5.74) is 0.652. The fourth-order valence-electron chi connectivity index (χ4n) is 3.11. The van der Waals surface area contributed by atoms with E-state index in [0.29, 0.717) is 35.8 Å². The Morgan fingerprint density at radius 2 is 2.15 bits per heavy atom. The normalized spacial score (nSPS) is 18.4. The van der Waals surface area contributed by atoms with Crippen molar-refractivity contribution < 1.29 is 17.7 Å². The van der Waals surface area contributed by atoms with Crippen LogP contribution in [0.15, 0.2) is 28.8 Å². The second kappa shape index (κ2) is 7.95. The van der Waals surface area contributed by atoms with Gasteiger partial charge >= 0.3 is 0 Å². The number of piperidine rings is 1. The number of amides is 1. The molecule has 1 aromatic carbocycles. The smallest absolute Gasteiger partial charge is 0.246 e. The van der Waals surface area contributed by atoms with Crippen LogP contribution in [0.1, 0.15) is 18.7 Å². The molecule has 0 radical (unpaired) electrons. The quantitative estimate of drug-likeness (QED) is 0.745. The minimum absolute atomic E-state index is 0.138. The van der Waals surface area contributed by atoms with Gasteiger partial charge < -0.3 is 9.42 Å². The van der Waals surface area contributed by atoms with Gasteiger partial charge in [0.15, 0.2) is 0 Å². The molecule has 8 nitrogen and oxygen atoms in total. The van der Waals surface area contributed by atoms with Crippen molar-refractivity contribution in [2.45, 2.75) is 19.4 Å². The van der Waals surface area contributed by atoms with Crippen molar-refractivity contribution in [1.82, 2.24) is 19.3 Å². The number of hydrogen-bond acceptors (Lipinski definition) is 6. The minimum Gasteiger partial charge on any atom is -0.337 e. The predicted octanol–water partition coefficient (Wildman–Crippen LogP) is 2.02. The van der Waals surface area contributed by atoms with E-state index >= 15 is 0 Å². The summed E-state index contributed by atoms with van der Waals surface area (Å²) in [4.78, 5) is 18.5. The molecule has 1 saturated heterocycles. The summed E-state index contributed by atoms with van der Waals surface area (Å²) in [6.07, 6.45) is 2.48. The Balaban J connectivity index is 1.66. The van der Waals surface area contributed by atoms with Crippen LogP contribution in [-0.2, 0) is 21.4 Å². The van der Waals surface area contributed by atoms with E-state index < -0.39 is 10.0 Å². The van der Waals surface area contributed by atoms with Crippen LogP contribution in [0.4, 0.5) is 0 Å². The van der Waals surface area contributed by atoms with Gasteiger partial charge in [-0.1, -0.05) is 28.9 Å². The summed E-state index contributed by atoms with van der Waals surface area (Å²) < 4.78 is 30.1. The zero-order valence-corrected chi connectivity index (χ0v) is 16.7. The fraction of sp³-hybridized carbons (Fsp3) is 0.471. The monoisotopic (exact) mass is 412 g/mol. The zero-order chi connectivity index (χ0) is 19.6. The third-order valence-corrected chi connectivity index (χ3v) is 6.13. The van der Waals surface area contributed by atoms with Gasteiger partial charge in [0.05, 0.1) is 23.7 Å². The lowest BCUT2D eigenvalue weighted by atomic mass is 9.98. The van der Waals surface area contributed by atoms with Crippen LogP contribution in [0.3, 0.4) is 0 Å². The van der Waals surface area contributed by atoms with Gasteiger partial charge in [0.25, 0.3) is 0 Å². The molecule has 146 valence electrons. The Hall–Kier alpha value is -1.97. The van der Waals surface area contributed by atoms with E-state index in [1.54, 1.807) is 19.2 Å². The molecule has 0 bridgehead atoms. The van der Waals surface area contributed by atoms with Gasteiger partial charge in [-0.15, -0.1) is 0 Å². The van der Waals surface area contributed by atoms with Crippen molar-refractivity contribution >= 4 is 27.5 Å². The maximum atomic E-state index is 12.7. The molecule has 0 aliphatic carbocycles. The molecule has 1 aromatic heterocycles. The summed E-state index contributed by atoms with van der Waals surface area (Å²) in [5.74, 6) is 0.138. The van der Waals surface area contributed by atoms with Crippen molar-refractivity contribution in [1.29, 1.82) is 0 Å². The van der Waals surface area contributed by atoms with Crippen molar-refractivity contribution in [2.24, 2.45) is 5.92 Å². The van der Waals surface area contributed by atoms with E-state index in [9.17, 15) is 13.2 Å². The first-order chi connectivity index (χ1) is 12.8. The lowest BCUT2D eigenvalue weighted by Gasteiger charge is -2.32. The number of halogens is 1. The molecule has 0 saturated carbocycles. The van der Waals surface area contributed by atoms with E-state index in [0.717, 1.165) is 6.26 Å². The topological polar surface area (TPSA) is 96.6 Å². The lowest BCUT2D eigenvalue weighted by Crippen LogP contribution is -2.45. The predicted molar refractivity (Wildman–Crippen MR) is 100 cm³/mol. The van der Waals surface area contributed by atoms with Crippen LogP contribution in [0.25, 0.3) is 11.4 Å². The number of carbonyl (C=O) groups is 1. The van der Waals surface area contributed by atoms with Gasteiger partial charge in [-0.2, -0.15) is 4.98 Å². The first kappa shape index (κ1) is 19.8. The number of sulfonamides is 1. The van der Waals surface area contributed by atoms with Crippen molar-refractivity contribution in [3.8, 4) is 11.4 Å². The fourth-order valence-corrected chi connectivity index (χ4v) is 4.24. The van der Waals surface area contributed by atoms with Crippen molar-refractivity contribution in [3.05, 3.63) is 35.2 Å². The van der Waals surface area contributed by atoms with Crippen molar-refractivity contribution in [3.63, 3.8) is 0 Å². The van der Waals surface area contributed by atoms with E-state index in [1.165, 1.54) is 9.21 Å². The number of carbonyl (C=O) groups excluding carboxylic acids is 1. The van der Waals surface area contributed by atoms with E-state index in [2.05, 4.69) is 10.1 Å². The molecule has 1 atom stereocenters. The molecule has 2 aromatic rings. The van der Waals surface area contributed by atoms with E-state index in [1.807, 2.05) is 12.1 Å². The minimum atomic E-state index is -3.30. The maximum Gasteiger partial charge on any atom is 0.246 e. The van der Waals surface area contributed by atoms with Crippen LogP contribution < -0.4 is 0 Å². The Kier molecular flexibility index (Phi) is 5.83. The molecule has 1 amide bonds. The second-order valence-corrected chi connectivity index (χ2v) is 9.04. The zero-order valence-electron chi connectivity index (χ0n) is 15.1. The molecule has 10 heteroatoms. The summed E-state index contributed by atoms with van der Waals surface area (Å²) in [5, 5.41) is 4.43. The number of rotatable bonds is 5. The Bertz CT molecular complexity index is 931. The lowest BCUT2D eigenvalue weighted by molar-refractivity contribution is -0.136. The van der Waals surface area contributed by atoms with Gasteiger partial charge in [-0.3, -0.25) is 4.79 Å². The molecule has 1 aliphatic heterocycles. The summed E-state index contributed by atoms with van der Waals surface area (Å²) in [6, 6.07) is 7.15. The standard InChI is InChI=1S/C17H21ClN4O4S/c1-21(17(23)12-6-5-9-22(10-12)27(2,24)25)11-15-19-16(20-26-15)13-7-3-4-8-14(13)18/h3-4,7-8,12H,5-6,9-11H2,1-2H3/t12-/m0/s1. The number of benzene rings is 1. The van der Waals surface area contributed by atoms with Crippen molar-refractivity contribution in [2.75, 3.05) is 26.4 Å². The van der Waals surface area contributed by atoms with Gasteiger partial charge in [-0.25, -0.2) is 12.7 Å². The molecule has 0 N–H and O–H groups in total. The molecule has 1 fully saturated rings. The molecule has 0 unspecified atom stereocenters. The molecule has 2 heterocycles. The van der Waals surface area contributed by atoms with Gasteiger partial charge in [0.2, 0.25) is 27.6 Å². The number of aromatic nitrogens is 2. The van der Waals surface area contributed by atoms with Gasteiger partial charge in [0, 0.05) is 25.7 Å². The average Bonchev–Trinajstić information content (AvgIpc) is 3.09. The number of hydrogen-bond donors (Lipinski definition) is 0. The van der Waals surface area contributed by atoms with Gasteiger partial charge in [0.1, 0.15) is 0 Å². The molecule has 0 spiro atoms. The second-order valence-electron chi connectivity index (χ2n) is 6.65. The third kappa shape index (κ3) is 4.66. The largest absolute Gasteiger partial charge is 0.337 e. The number of nitrogens with zero attached hydrogens (tertiary/aromatic N) is 4. The van der Waals surface area contributed by atoms with Crippen LogP contribution in [0.2, 0.25) is 5.02 Å². The highest BCUT2D eigenvalue weighted by Gasteiger charge is 2.32. The Morgan fingerprint density at radius 1 is 1.41 bits per heavy atom. The van der Waals surface area contributed by atoms with Crippen LogP contribution >= 0.6 is 11.6 Å². The van der Waals surface area contributed by atoms with E-state index in [-0.39, 0.29) is 30.8 Å². The Morgan fingerprint density at radius 3 is 2.85 bits per heavy atom. The average molecular weight is 413 g/mol. The summed E-state index contributed by atoms with van der Waals surface area (Å²) in [6.45, 7) is 0.805. The van der Waals surface area contributed by atoms with Crippen LogP contribution in [0.5, 0.6) is 0 Å². The molecule has 1 aliphatic rings. The Labute approximate surface area is 163 Å². The third-order valence-electron chi connectivity index (χ3n) is 4.53. The van der Waals surface area contributed by atoms with E-state index in [4.69, 9.17) is 16.1 Å². The van der Waals surface area contributed by atoms with Gasteiger partial charge in [-0.05, 0) is 25.0 Å². The maximum absolute atomic E-state index is 12.7. The first-order valence-corrected chi connectivity index (χ1v) is 10.8. The highest BCUT2D eigenvalue weighted by atomic mass is 35.5.